The molecule has 0 aliphatic carbocycles. The lowest BCUT2D eigenvalue weighted by molar-refractivity contribution is 0.102. The van der Waals surface area contributed by atoms with Gasteiger partial charge >= 0.3 is 0 Å². The summed E-state index contributed by atoms with van der Waals surface area (Å²) < 4.78 is 0. The van der Waals surface area contributed by atoms with E-state index in [2.05, 4.69) is 26.1 Å². The van der Waals surface area contributed by atoms with Crippen molar-refractivity contribution in [2.45, 2.75) is 26.2 Å². The van der Waals surface area contributed by atoms with E-state index in [4.69, 9.17) is 28.9 Å². The largest absolute Gasteiger partial charge is 0.397 e. The van der Waals surface area contributed by atoms with E-state index >= 15 is 0 Å². The van der Waals surface area contributed by atoms with Crippen LogP contribution in [0.3, 0.4) is 0 Å². The summed E-state index contributed by atoms with van der Waals surface area (Å²) >= 11 is 12.0. The first-order chi connectivity index (χ1) is 10.2. The van der Waals surface area contributed by atoms with Crippen molar-refractivity contribution >= 4 is 40.5 Å². The molecule has 1 amide bonds. The Hall–Kier alpha value is -1.71. The first kappa shape index (κ1) is 16.7. The minimum Gasteiger partial charge on any atom is -0.397 e. The number of nitrogen functional groups attached to an aromatic ring is 1. The van der Waals surface area contributed by atoms with Crippen molar-refractivity contribution in [1.29, 1.82) is 0 Å². The van der Waals surface area contributed by atoms with E-state index in [9.17, 15) is 4.79 Å². The van der Waals surface area contributed by atoms with Crippen LogP contribution in [-0.4, -0.2) is 5.91 Å². The van der Waals surface area contributed by atoms with Gasteiger partial charge in [0.25, 0.3) is 5.91 Å². The molecule has 0 bridgehead atoms. The van der Waals surface area contributed by atoms with E-state index in [0.29, 0.717) is 27.0 Å². The predicted octanol–water partition coefficient (Wildman–Crippen LogP) is 5.13. The van der Waals surface area contributed by atoms with Crippen molar-refractivity contribution in [2.75, 3.05) is 11.1 Å². The monoisotopic (exact) mass is 336 g/mol. The number of rotatable bonds is 2. The summed E-state index contributed by atoms with van der Waals surface area (Å²) in [4.78, 5) is 12.3. The Labute approximate surface area is 140 Å². The number of hydrogen-bond donors (Lipinski definition) is 2. The maximum atomic E-state index is 12.3. The van der Waals surface area contributed by atoms with Crippen molar-refractivity contribution < 1.29 is 4.79 Å². The summed E-state index contributed by atoms with van der Waals surface area (Å²) in [6.07, 6.45) is 0. The number of nitrogens with two attached hydrogens (primary N) is 1. The van der Waals surface area contributed by atoms with E-state index in [-0.39, 0.29) is 11.3 Å². The topological polar surface area (TPSA) is 55.1 Å². The van der Waals surface area contributed by atoms with E-state index in [1.165, 1.54) is 6.07 Å². The zero-order chi connectivity index (χ0) is 16.5. The number of nitrogens with one attached hydrogen (secondary N) is 1. The van der Waals surface area contributed by atoms with Crippen LogP contribution in [0.25, 0.3) is 0 Å². The van der Waals surface area contributed by atoms with Crippen LogP contribution in [0.1, 0.15) is 36.7 Å². The van der Waals surface area contributed by atoms with Gasteiger partial charge in [-0.3, -0.25) is 4.79 Å². The van der Waals surface area contributed by atoms with Crippen molar-refractivity contribution in [1.82, 2.24) is 0 Å². The predicted molar refractivity (Wildman–Crippen MR) is 94.0 cm³/mol. The highest BCUT2D eigenvalue weighted by molar-refractivity contribution is 6.37. The molecule has 0 saturated heterocycles. The highest BCUT2D eigenvalue weighted by Gasteiger charge is 2.15. The third-order valence-corrected chi connectivity index (χ3v) is 3.99. The maximum Gasteiger partial charge on any atom is 0.255 e. The molecule has 0 heterocycles. The molecule has 0 saturated carbocycles. The Kier molecular flexibility index (Phi) is 4.69. The quantitative estimate of drug-likeness (QED) is 0.747. The van der Waals surface area contributed by atoms with E-state index in [1.807, 2.05) is 12.1 Å². The second-order valence-corrected chi connectivity index (χ2v) is 6.95. The normalized spacial score (nSPS) is 11.3. The molecular formula is C17H18Cl2N2O. The second kappa shape index (κ2) is 6.19. The number of anilines is 2. The molecule has 2 rings (SSSR count). The lowest BCUT2D eigenvalue weighted by Gasteiger charge is -2.19. The lowest BCUT2D eigenvalue weighted by Crippen LogP contribution is -2.14. The molecule has 3 N–H and O–H groups in total. The van der Waals surface area contributed by atoms with E-state index < -0.39 is 0 Å². The zero-order valence-electron chi connectivity index (χ0n) is 12.7. The van der Waals surface area contributed by atoms with Crippen LogP contribution < -0.4 is 11.1 Å². The molecule has 0 spiro atoms. The van der Waals surface area contributed by atoms with Crippen LogP contribution in [0.4, 0.5) is 11.4 Å². The van der Waals surface area contributed by atoms with Gasteiger partial charge in [0.2, 0.25) is 0 Å². The number of amides is 1. The number of carbonyl (C=O) groups is 1. The van der Waals surface area contributed by atoms with Crippen molar-refractivity contribution in [2.24, 2.45) is 0 Å². The van der Waals surface area contributed by atoms with Gasteiger partial charge in [0.05, 0.1) is 21.4 Å². The number of carbonyl (C=O) groups excluding carboxylic acids is 1. The highest BCUT2D eigenvalue weighted by Crippen LogP contribution is 2.31. The van der Waals surface area contributed by atoms with Crippen molar-refractivity contribution in [3.8, 4) is 0 Å². The molecule has 5 heteroatoms. The summed E-state index contributed by atoms with van der Waals surface area (Å²) in [5.74, 6) is -0.247. The summed E-state index contributed by atoms with van der Waals surface area (Å²) in [5.41, 5.74) is 8.23. The van der Waals surface area contributed by atoms with Gasteiger partial charge in [-0.25, -0.2) is 0 Å². The van der Waals surface area contributed by atoms with E-state index in [0.717, 1.165) is 5.56 Å². The van der Waals surface area contributed by atoms with Gasteiger partial charge in [0, 0.05) is 5.56 Å². The minimum atomic E-state index is -0.247. The summed E-state index contributed by atoms with van der Waals surface area (Å²) in [6.45, 7) is 6.37. The van der Waals surface area contributed by atoms with E-state index in [1.54, 1.807) is 18.2 Å². The zero-order valence-corrected chi connectivity index (χ0v) is 14.2. The Morgan fingerprint density at radius 2 is 1.64 bits per heavy atom. The average Bonchev–Trinajstić information content (AvgIpc) is 2.44. The first-order valence-corrected chi connectivity index (χ1v) is 7.60. The number of hydrogen-bond acceptors (Lipinski definition) is 2. The van der Waals surface area contributed by atoms with Gasteiger partial charge in [-0.15, -0.1) is 0 Å². The molecule has 0 aromatic heterocycles. The molecule has 0 unspecified atom stereocenters. The molecule has 0 aliphatic rings. The average molecular weight is 337 g/mol. The molecule has 0 aliphatic heterocycles. The maximum absolute atomic E-state index is 12.3. The summed E-state index contributed by atoms with van der Waals surface area (Å²) in [6, 6.07) is 10.5. The van der Waals surface area contributed by atoms with Crippen molar-refractivity contribution in [3.63, 3.8) is 0 Å². The number of benzene rings is 2. The molecule has 2 aromatic rings. The molecule has 22 heavy (non-hydrogen) atoms. The smallest absolute Gasteiger partial charge is 0.255 e. The van der Waals surface area contributed by atoms with Crippen molar-refractivity contribution in [3.05, 3.63) is 57.6 Å². The number of halogens is 2. The fourth-order valence-electron chi connectivity index (χ4n) is 1.97. The highest BCUT2D eigenvalue weighted by atomic mass is 35.5. The fourth-order valence-corrected chi connectivity index (χ4v) is 2.36. The van der Waals surface area contributed by atoms with Crippen LogP contribution in [0.15, 0.2) is 36.4 Å². The fraction of sp³-hybridized carbons (Fsp3) is 0.235. The molecule has 0 fully saturated rings. The first-order valence-electron chi connectivity index (χ1n) is 6.85. The van der Waals surface area contributed by atoms with Crippen LogP contribution in [-0.2, 0) is 5.41 Å². The second-order valence-electron chi connectivity index (χ2n) is 6.14. The lowest BCUT2D eigenvalue weighted by atomic mass is 9.87. The third kappa shape index (κ3) is 3.73. The molecule has 116 valence electrons. The minimum absolute atomic E-state index is 0.0444. The summed E-state index contributed by atoms with van der Waals surface area (Å²) in [5, 5.41) is 3.44. The SMILES string of the molecule is CC(C)(C)c1ccc(C(=O)Nc2cc(Cl)c(N)cc2Cl)cc1. The molecule has 3 nitrogen and oxygen atoms in total. The molecule has 2 aromatic carbocycles. The van der Waals surface area contributed by atoms with Gasteiger partial charge in [0.15, 0.2) is 0 Å². The summed E-state index contributed by atoms with van der Waals surface area (Å²) in [7, 11) is 0. The standard InChI is InChI=1S/C17H18Cl2N2O/c1-17(2,3)11-6-4-10(5-7-11)16(22)21-15-9-12(18)14(20)8-13(15)19/h4-9H,20H2,1-3H3,(H,21,22). The Morgan fingerprint density at radius 1 is 1.05 bits per heavy atom. The third-order valence-electron chi connectivity index (χ3n) is 3.35. The van der Waals surface area contributed by atoms with Gasteiger partial charge in [-0.05, 0) is 35.2 Å². The Morgan fingerprint density at radius 3 is 2.18 bits per heavy atom. The molecular weight excluding hydrogens is 319 g/mol. The van der Waals surface area contributed by atoms with Gasteiger partial charge in [-0.1, -0.05) is 56.1 Å². The Bertz CT molecular complexity index is 704. The van der Waals surface area contributed by atoms with Gasteiger partial charge in [-0.2, -0.15) is 0 Å². The molecule has 0 radical (unpaired) electrons. The van der Waals surface area contributed by atoms with Crippen LogP contribution in [0.5, 0.6) is 0 Å². The van der Waals surface area contributed by atoms with Gasteiger partial charge in [0.1, 0.15) is 0 Å². The van der Waals surface area contributed by atoms with Crippen LogP contribution in [0.2, 0.25) is 10.0 Å². The molecule has 0 atom stereocenters. The van der Waals surface area contributed by atoms with Crippen LogP contribution in [0, 0.1) is 0 Å². The Balaban J connectivity index is 2.21. The van der Waals surface area contributed by atoms with Gasteiger partial charge < -0.3 is 11.1 Å². The van der Waals surface area contributed by atoms with Crippen LogP contribution >= 0.6 is 23.2 Å².